The Morgan fingerprint density at radius 1 is 1.58 bits per heavy atom. The van der Waals surface area contributed by atoms with Gasteiger partial charge in [-0.05, 0) is 24.1 Å². The number of carboxylic acid groups (broad SMARTS) is 1. The largest absolute Gasteiger partial charge is 0.480 e. The maximum Gasteiger partial charge on any atom is 0.361 e. The molecule has 1 aromatic carbocycles. The third-order valence-electron chi connectivity index (χ3n) is 2.56. The number of nitrogens with one attached hydrogen (secondary N) is 2. The lowest BCUT2D eigenvalue weighted by Crippen LogP contribution is -2.41. The minimum absolute atomic E-state index is 0.209. The summed E-state index contributed by atoms with van der Waals surface area (Å²) in [6, 6.07) is 6.98. The number of aliphatic carboxylic acids is 1. The molecule has 0 radical (unpaired) electrons. The molecule has 1 rings (SSSR count). The van der Waals surface area contributed by atoms with Gasteiger partial charge in [-0.15, -0.1) is 11.6 Å². The molecule has 3 N–H and O–H groups in total. The van der Waals surface area contributed by atoms with Crippen molar-refractivity contribution in [2.24, 2.45) is 0 Å². The Labute approximate surface area is 118 Å². The van der Waals surface area contributed by atoms with Crippen molar-refractivity contribution < 1.29 is 14.6 Å². The molecule has 0 amide bonds. The Balaban J connectivity index is 2.64. The zero-order chi connectivity index (χ0) is 14.1. The molecule has 0 spiro atoms. The average Bonchev–Trinajstić information content (AvgIpc) is 2.41. The lowest BCUT2D eigenvalue weighted by molar-refractivity contribution is -0.139. The second kappa shape index (κ2) is 8.80. The van der Waals surface area contributed by atoms with Gasteiger partial charge >= 0.3 is 13.6 Å². The van der Waals surface area contributed by atoms with Crippen LogP contribution in [0.15, 0.2) is 24.3 Å². The van der Waals surface area contributed by atoms with Gasteiger partial charge < -0.3 is 20.3 Å². The van der Waals surface area contributed by atoms with Gasteiger partial charge in [0, 0.05) is 25.2 Å². The molecule has 1 aromatic rings. The highest BCUT2D eigenvalue weighted by atomic mass is 35.5. The Morgan fingerprint density at radius 2 is 2.37 bits per heavy atom. The van der Waals surface area contributed by atoms with Crippen LogP contribution in [0.4, 0.5) is 5.69 Å². The number of benzene rings is 1. The SMILES string of the molecule is COBNC(Cc1cccc(NCCCl)c1)C(=O)O. The predicted molar refractivity (Wildman–Crippen MR) is 78.1 cm³/mol. The van der Waals surface area contributed by atoms with Gasteiger partial charge in [-0.1, -0.05) is 12.1 Å². The molecule has 0 aromatic heterocycles. The van der Waals surface area contributed by atoms with Crippen LogP contribution in [0.3, 0.4) is 0 Å². The van der Waals surface area contributed by atoms with Crippen LogP contribution in [0.25, 0.3) is 0 Å². The fourth-order valence-corrected chi connectivity index (χ4v) is 1.76. The summed E-state index contributed by atoms with van der Waals surface area (Å²) in [5.41, 5.74) is 1.88. The molecule has 1 unspecified atom stereocenters. The van der Waals surface area contributed by atoms with Crippen molar-refractivity contribution in [2.45, 2.75) is 12.5 Å². The molecule has 0 fully saturated rings. The van der Waals surface area contributed by atoms with Crippen molar-refractivity contribution in [3.05, 3.63) is 29.8 Å². The van der Waals surface area contributed by atoms with Gasteiger partial charge in [-0.2, -0.15) is 0 Å². The lowest BCUT2D eigenvalue weighted by atomic mass is 10.0. The zero-order valence-corrected chi connectivity index (χ0v) is 11.6. The molecule has 0 saturated carbocycles. The van der Waals surface area contributed by atoms with E-state index in [9.17, 15) is 4.79 Å². The number of hydrogen-bond donors (Lipinski definition) is 3. The number of anilines is 1. The van der Waals surface area contributed by atoms with E-state index in [4.69, 9.17) is 21.4 Å². The Morgan fingerprint density at radius 3 is 3.00 bits per heavy atom. The summed E-state index contributed by atoms with van der Waals surface area (Å²) in [6.07, 6.45) is 0.398. The van der Waals surface area contributed by atoms with Gasteiger partial charge in [0.05, 0.1) is 0 Å². The molecule has 19 heavy (non-hydrogen) atoms. The molecule has 0 aliphatic rings. The number of rotatable bonds is 9. The normalized spacial score (nSPS) is 11.9. The molecule has 0 saturated heterocycles. The van der Waals surface area contributed by atoms with Crippen LogP contribution in [0.5, 0.6) is 0 Å². The summed E-state index contributed by atoms with van der Waals surface area (Å²) in [5.74, 6) is -0.367. The molecular formula is C12H18BClN2O3. The van der Waals surface area contributed by atoms with Gasteiger partial charge in [0.2, 0.25) is 0 Å². The van der Waals surface area contributed by atoms with Crippen molar-refractivity contribution in [3.63, 3.8) is 0 Å². The van der Waals surface area contributed by atoms with Crippen LogP contribution in [0.2, 0.25) is 0 Å². The van der Waals surface area contributed by atoms with Gasteiger partial charge in [0.15, 0.2) is 0 Å². The third kappa shape index (κ3) is 5.96. The van der Waals surface area contributed by atoms with E-state index in [1.54, 1.807) is 0 Å². The first-order chi connectivity index (χ1) is 9.17. The Bertz CT molecular complexity index is 406. The number of halogens is 1. The molecule has 0 heterocycles. The lowest BCUT2D eigenvalue weighted by Gasteiger charge is -2.14. The summed E-state index contributed by atoms with van der Waals surface area (Å²) in [6.45, 7) is 0.676. The van der Waals surface area contributed by atoms with E-state index in [1.165, 1.54) is 7.11 Å². The molecule has 104 valence electrons. The van der Waals surface area contributed by atoms with E-state index in [1.807, 2.05) is 24.3 Å². The van der Waals surface area contributed by atoms with E-state index in [2.05, 4.69) is 10.5 Å². The van der Waals surface area contributed by atoms with Gasteiger partial charge in [-0.25, -0.2) is 0 Å². The quantitative estimate of drug-likeness (QED) is 0.463. The van der Waals surface area contributed by atoms with Crippen LogP contribution in [0, 0.1) is 0 Å². The van der Waals surface area contributed by atoms with Crippen molar-refractivity contribution in [3.8, 4) is 0 Å². The number of alkyl halides is 1. The maximum atomic E-state index is 11.1. The molecule has 0 aliphatic carbocycles. The van der Waals surface area contributed by atoms with Crippen LogP contribution >= 0.6 is 11.6 Å². The summed E-state index contributed by atoms with van der Waals surface area (Å²) >= 11 is 5.61. The fraction of sp³-hybridized carbons (Fsp3) is 0.417. The first-order valence-corrected chi connectivity index (χ1v) is 6.54. The van der Waals surface area contributed by atoms with E-state index in [0.29, 0.717) is 18.8 Å². The Kier molecular flexibility index (Phi) is 7.32. The second-order valence-corrected chi connectivity index (χ2v) is 4.43. The van der Waals surface area contributed by atoms with Crippen molar-refractivity contribution in [1.29, 1.82) is 0 Å². The van der Waals surface area contributed by atoms with Crippen molar-refractivity contribution in [2.75, 3.05) is 24.9 Å². The summed E-state index contributed by atoms with van der Waals surface area (Å²) in [4.78, 5) is 11.1. The van der Waals surface area contributed by atoms with E-state index >= 15 is 0 Å². The van der Waals surface area contributed by atoms with Crippen LogP contribution in [0.1, 0.15) is 5.56 Å². The Hall–Kier alpha value is -1.24. The van der Waals surface area contributed by atoms with Crippen LogP contribution in [-0.2, 0) is 15.9 Å². The topological polar surface area (TPSA) is 70.6 Å². The highest BCUT2D eigenvalue weighted by Gasteiger charge is 2.17. The van der Waals surface area contributed by atoms with Crippen LogP contribution in [-0.4, -0.2) is 44.3 Å². The summed E-state index contributed by atoms with van der Waals surface area (Å²) < 4.78 is 4.84. The number of hydrogen-bond acceptors (Lipinski definition) is 4. The summed E-state index contributed by atoms with van der Waals surface area (Å²) in [5, 5.41) is 15.1. The van der Waals surface area contributed by atoms with Crippen LogP contribution < -0.4 is 10.5 Å². The fourth-order valence-electron chi connectivity index (χ4n) is 1.67. The van der Waals surface area contributed by atoms with E-state index < -0.39 is 12.0 Å². The first kappa shape index (κ1) is 15.8. The number of carboxylic acids is 1. The molecule has 1 atom stereocenters. The second-order valence-electron chi connectivity index (χ2n) is 4.05. The predicted octanol–water partition coefficient (Wildman–Crippen LogP) is 0.835. The monoisotopic (exact) mass is 284 g/mol. The summed E-state index contributed by atoms with van der Waals surface area (Å²) in [7, 11) is 1.73. The average molecular weight is 285 g/mol. The minimum Gasteiger partial charge on any atom is -0.480 e. The standard InChI is InChI=1S/C12H18BClN2O3/c1-19-13-16-11(12(17)18)8-9-3-2-4-10(7-9)15-6-5-14/h2-4,7,11,13,15-16H,5-6,8H2,1H3,(H,17,18). The maximum absolute atomic E-state index is 11.1. The highest BCUT2D eigenvalue weighted by molar-refractivity contribution is 6.24. The van der Waals surface area contributed by atoms with Crippen molar-refractivity contribution >= 4 is 30.9 Å². The number of carbonyl (C=O) groups is 1. The van der Waals surface area contributed by atoms with E-state index in [-0.39, 0.29) is 7.62 Å². The van der Waals surface area contributed by atoms with Gasteiger partial charge in [0.25, 0.3) is 0 Å². The van der Waals surface area contributed by atoms with Crippen molar-refractivity contribution in [1.82, 2.24) is 5.23 Å². The van der Waals surface area contributed by atoms with Gasteiger partial charge in [-0.3, -0.25) is 4.79 Å². The third-order valence-corrected chi connectivity index (χ3v) is 2.75. The van der Waals surface area contributed by atoms with E-state index in [0.717, 1.165) is 11.3 Å². The first-order valence-electron chi connectivity index (χ1n) is 6.01. The minimum atomic E-state index is -0.892. The molecular weight excluding hydrogens is 266 g/mol. The van der Waals surface area contributed by atoms with Gasteiger partial charge in [0.1, 0.15) is 6.04 Å². The zero-order valence-electron chi connectivity index (χ0n) is 10.9. The molecule has 7 heteroatoms. The molecule has 0 aliphatic heterocycles. The molecule has 0 bridgehead atoms. The smallest absolute Gasteiger partial charge is 0.361 e. The molecule has 5 nitrogen and oxygen atoms in total. The highest BCUT2D eigenvalue weighted by Crippen LogP contribution is 2.12.